The second-order valence-corrected chi connectivity index (χ2v) is 6.18. The minimum Gasteiger partial charge on any atom is -0.453 e. The lowest BCUT2D eigenvalue weighted by Crippen LogP contribution is -2.31. The summed E-state index contributed by atoms with van der Waals surface area (Å²) >= 11 is 2.60. The van der Waals surface area contributed by atoms with E-state index in [4.69, 9.17) is 0 Å². The van der Waals surface area contributed by atoms with Crippen molar-refractivity contribution >= 4 is 40.2 Å². The van der Waals surface area contributed by atoms with Crippen molar-refractivity contribution in [3.8, 4) is 0 Å². The first-order valence-corrected chi connectivity index (χ1v) is 7.39. The number of imide groups is 1. The number of alkyl carbamates (subject to hydrolysis) is 1. The van der Waals surface area contributed by atoms with Gasteiger partial charge in [-0.2, -0.15) is 0 Å². The lowest BCUT2D eigenvalue weighted by atomic mass is 10.2. The smallest absolute Gasteiger partial charge is 0.413 e. The third-order valence-electron chi connectivity index (χ3n) is 1.82. The molecule has 1 aromatic heterocycles. The zero-order chi connectivity index (χ0) is 14.3. The van der Waals surface area contributed by atoms with Crippen LogP contribution in [0.5, 0.6) is 0 Å². The van der Waals surface area contributed by atoms with Crippen LogP contribution >= 0.6 is 23.1 Å². The quantitative estimate of drug-likeness (QED) is 0.771. The van der Waals surface area contributed by atoms with Crippen LogP contribution < -0.4 is 10.6 Å². The second-order valence-electron chi connectivity index (χ2n) is 3.98. The lowest BCUT2D eigenvalue weighted by molar-refractivity contribution is -0.117. The molecule has 0 aromatic carbocycles. The van der Waals surface area contributed by atoms with E-state index >= 15 is 0 Å². The summed E-state index contributed by atoms with van der Waals surface area (Å²) in [4.78, 5) is 22.1. The molecule has 2 amide bonds. The molecule has 9 heteroatoms. The van der Waals surface area contributed by atoms with Gasteiger partial charge in [0, 0.05) is 6.54 Å². The topological polar surface area (TPSA) is 93.2 Å². The molecule has 1 rings (SSSR count). The van der Waals surface area contributed by atoms with Gasteiger partial charge in [0.05, 0.1) is 12.9 Å². The number of hydrogen-bond donors (Lipinski definition) is 2. The molecule has 0 radical (unpaired) electrons. The van der Waals surface area contributed by atoms with Gasteiger partial charge in [0.2, 0.25) is 11.0 Å². The van der Waals surface area contributed by atoms with E-state index in [0.29, 0.717) is 10.3 Å². The molecule has 0 aliphatic carbocycles. The summed E-state index contributed by atoms with van der Waals surface area (Å²) in [5, 5.41) is 13.8. The standard InChI is InChI=1S/C10H16N4O3S2/c1-6(2)4-11-8-13-14-10(19-8)18-5-7(15)12-9(16)17-3/h6H,4-5H2,1-3H3,(H,11,13)(H,12,15,16). The van der Waals surface area contributed by atoms with E-state index in [0.717, 1.165) is 11.7 Å². The van der Waals surface area contributed by atoms with E-state index in [1.807, 2.05) is 0 Å². The van der Waals surface area contributed by atoms with Crippen molar-refractivity contribution in [3.05, 3.63) is 0 Å². The number of nitrogens with zero attached hydrogens (tertiary/aromatic N) is 2. The normalized spacial score (nSPS) is 10.3. The van der Waals surface area contributed by atoms with Gasteiger partial charge in [-0.25, -0.2) is 4.79 Å². The van der Waals surface area contributed by atoms with E-state index in [1.165, 1.54) is 30.2 Å². The Morgan fingerprint density at radius 3 is 2.79 bits per heavy atom. The van der Waals surface area contributed by atoms with Crippen molar-refractivity contribution in [1.29, 1.82) is 0 Å². The fraction of sp³-hybridized carbons (Fsp3) is 0.600. The molecule has 0 saturated heterocycles. The number of carbonyl (C=O) groups excluding carboxylic acids is 2. The van der Waals surface area contributed by atoms with Crippen LogP contribution in [0.3, 0.4) is 0 Å². The minimum atomic E-state index is -0.762. The minimum absolute atomic E-state index is 0.0912. The number of methoxy groups -OCH3 is 1. The number of anilines is 1. The molecule has 0 unspecified atom stereocenters. The van der Waals surface area contributed by atoms with Gasteiger partial charge in [-0.1, -0.05) is 36.9 Å². The molecule has 7 nitrogen and oxygen atoms in total. The average Bonchev–Trinajstić information content (AvgIpc) is 2.81. The third-order valence-corrected chi connectivity index (χ3v) is 3.84. The van der Waals surface area contributed by atoms with Gasteiger partial charge in [0.25, 0.3) is 0 Å². The molecule has 0 saturated carbocycles. The van der Waals surface area contributed by atoms with Gasteiger partial charge in [0.15, 0.2) is 4.34 Å². The highest BCUT2D eigenvalue weighted by Crippen LogP contribution is 2.25. The van der Waals surface area contributed by atoms with Crippen LogP contribution in [0.25, 0.3) is 0 Å². The Balaban J connectivity index is 2.33. The van der Waals surface area contributed by atoms with Crippen molar-refractivity contribution in [2.75, 3.05) is 24.7 Å². The van der Waals surface area contributed by atoms with Crippen molar-refractivity contribution in [3.63, 3.8) is 0 Å². The van der Waals surface area contributed by atoms with Crippen LogP contribution in [-0.4, -0.2) is 41.6 Å². The number of ether oxygens (including phenoxy) is 1. The fourth-order valence-corrected chi connectivity index (χ4v) is 2.52. The lowest BCUT2D eigenvalue weighted by Gasteiger charge is -2.03. The molecule has 2 N–H and O–H groups in total. The third kappa shape index (κ3) is 6.39. The zero-order valence-corrected chi connectivity index (χ0v) is 12.6. The van der Waals surface area contributed by atoms with Gasteiger partial charge in [-0.15, -0.1) is 10.2 Å². The number of rotatable bonds is 6. The van der Waals surface area contributed by atoms with Gasteiger partial charge in [0.1, 0.15) is 0 Å². The fourth-order valence-electron chi connectivity index (χ4n) is 0.959. The summed E-state index contributed by atoms with van der Waals surface area (Å²) in [6, 6.07) is 0. The molecule has 106 valence electrons. The molecule has 0 fully saturated rings. The Morgan fingerprint density at radius 1 is 1.42 bits per heavy atom. The largest absolute Gasteiger partial charge is 0.453 e. The Hall–Kier alpha value is -1.35. The van der Waals surface area contributed by atoms with Gasteiger partial charge >= 0.3 is 6.09 Å². The highest BCUT2D eigenvalue weighted by molar-refractivity contribution is 8.01. The van der Waals surface area contributed by atoms with E-state index in [1.54, 1.807) is 0 Å². The van der Waals surface area contributed by atoms with Crippen LogP contribution in [0.2, 0.25) is 0 Å². The van der Waals surface area contributed by atoms with E-state index in [2.05, 4.69) is 39.4 Å². The van der Waals surface area contributed by atoms with E-state index < -0.39 is 12.0 Å². The Morgan fingerprint density at radius 2 is 2.16 bits per heavy atom. The zero-order valence-electron chi connectivity index (χ0n) is 10.9. The highest BCUT2D eigenvalue weighted by Gasteiger charge is 2.10. The summed E-state index contributed by atoms with van der Waals surface area (Å²) < 4.78 is 4.99. The summed E-state index contributed by atoms with van der Waals surface area (Å²) in [5.41, 5.74) is 0. The maximum atomic E-state index is 11.3. The van der Waals surface area contributed by atoms with Crippen LogP contribution in [0, 0.1) is 5.92 Å². The number of nitrogens with one attached hydrogen (secondary N) is 2. The van der Waals surface area contributed by atoms with Gasteiger partial charge < -0.3 is 10.1 Å². The maximum Gasteiger partial charge on any atom is 0.413 e. The summed E-state index contributed by atoms with van der Waals surface area (Å²) in [6.45, 7) is 5.02. The number of aromatic nitrogens is 2. The summed E-state index contributed by atoms with van der Waals surface area (Å²) in [7, 11) is 1.20. The average molecular weight is 304 g/mol. The molecule has 0 bridgehead atoms. The molecule has 1 heterocycles. The first kappa shape index (κ1) is 15.7. The van der Waals surface area contributed by atoms with Crippen molar-refractivity contribution < 1.29 is 14.3 Å². The SMILES string of the molecule is COC(=O)NC(=O)CSc1nnc(NCC(C)C)s1. The molecular formula is C10H16N4O3S2. The van der Waals surface area contributed by atoms with E-state index in [9.17, 15) is 9.59 Å². The molecule has 0 spiro atoms. The van der Waals surface area contributed by atoms with Gasteiger partial charge in [-0.05, 0) is 5.92 Å². The maximum absolute atomic E-state index is 11.3. The second kappa shape index (κ2) is 7.95. The van der Waals surface area contributed by atoms with Gasteiger partial charge in [-0.3, -0.25) is 10.1 Å². The highest BCUT2D eigenvalue weighted by atomic mass is 32.2. The van der Waals surface area contributed by atoms with Crippen molar-refractivity contribution in [1.82, 2.24) is 15.5 Å². The van der Waals surface area contributed by atoms with E-state index in [-0.39, 0.29) is 5.75 Å². The Bertz CT molecular complexity index is 436. The van der Waals surface area contributed by atoms with Crippen molar-refractivity contribution in [2.24, 2.45) is 5.92 Å². The Kier molecular flexibility index (Phi) is 6.57. The predicted octanol–water partition coefficient (Wildman–Crippen LogP) is 1.58. The number of amides is 2. The number of carbonyl (C=O) groups is 2. The van der Waals surface area contributed by atoms with Crippen molar-refractivity contribution in [2.45, 2.75) is 18.2 Å². The monoisotopic (exact) mass is 304 g/mol. The van der Waals surface area contributed by atoms with Crippen LogP contribution in [-0.2, 0) is 9.53 Å². The van der Waals surface area contributed by atoms with Crippen LogP contribution in [0.15, 0.2) is 4.34 Å². The molecule has 1 aromatic rings. The summed E-state index contributed by atoms with van der Waals surface area (Å²) in [5.74, 6) is 0.183. The molecule has 19 heavy (non-hydrogen) atoms. The first-order chi connectivity index (χ1) is 9.01. The Labute approximate surface area is 119 Å². The molecule has 0 atom stereocenters. The predicted molar refractivity (Wildman–Crippen MR) is 74.5 cm³/mol. The molecule has 0 aliphatic heterocycles. The van der Waals surface area contributed by atoms with Crippen LogP contribution in [0.4, 0.5) is 9.93 Å². The molecular weight excluding hydrogens is 288 g/mol. The number of hydrogen-bond acceptors (Lipinski definition) is 8. The van der Waals surface area contributed by atoms with Crippen LogP contribution in [0.1, 0.15) is 13.8 Å². The number of thioether (sulfide) groups is 1. The molecule has 0 aliphatic rings. The summed E-state index contributed by atoms with van der Waals surface area (Å²) in [6.07, 6.45) is -0.762. The first-order valence-electron chi connectivity index (χ1n) is 5.59.